The third-order valence-corrected chi connectivity index (χ3v) is 6.97. The zero-order valence-electron chi connectivity index (χ0n) is 16.7. The number of tetrazole rings is 1. The van der Waals surface area contributed by atoms with Gasteiger partial charge >= 0.3 is 5.97 Å². The maximum atomic E-state index is 12.2. The molecule has 0 bridgehead atoms. The summed E-state index contributed by atoms with van der Waals surface area (Å²) < 4.78 is 1.52. The highest BCUT2D eigenvalue weighted by molar-refractivity contribution is 8.03. The van der Waals surface area contributed by atoms with Gasteiger partial charge in [0.1, 0.15) is 12.0 Å². The van der Waals surface area contributed by atoms with Crippen molar-refractivity contribution < 1.29 is 19.5 Å². The first kappa shape index (κ1) is 21.2. The summed E-state index contributed by atoms with van der Waals surface area (Å²) in [5.41, 5.74) is -0.00943. The van der Waals surface area contributed by atoms with E-state index in [9.17, 15) is 19.5 Å². The summed E-state index contributed by atoms with van der Waals surface area (Å²) in [6, 6.07) is -1.04. The van der Waals surface area contributed by atoms with Crippen molar-refractivity contribution in [1.82, 2.24) is 35.3 Å². The van der Waals surface area contributed by atoms with Gasteiger partial charge in [0.05, 0.1) is 18.1 Å². The summed E-state index contributed by atoms with van der Waals surface area (Å²) in [4.78, 5) is 39.5. The van der Waals surface area contributed by atoms with E-state index in [1.165, 1.54) is 27.7 Å². The number of carbonyl (C=O) groups is 3. The third-order valence-electron chi connectivity index (χ3n) is 5.45. The quantitative estimate of drug-likeness (QED) is 0.560. The lowest BCUT2D eigenvalue weighted by Crippen LogP contribution is -2.40. The SMILES string of the molecule is CC1C(SC2CNC(C(=O)N(C)C)C2)=C(C(=O)O)N(C=O)[C@H]1[C@@H](C)n1cnnn1. The number of aliphatic carboxylic acids is 1. The number of nitrogens with zero attached hydrogens (tertiary/aromatic N) is 6. The Kier molecular flexibility index (Phi) is 6.22. The number of aromatic nitrogens is 4. The predicted molar refractivity (Wildman–Crippen MR) is 105 cm³/mol. The molecule has 1 saturated heterocycles. The molecule has 1 fully saturated rings. The molecule has 1 aromatic heterocycles. The number of thioether (sulfide) groups is 1. The fourth-order valence-corrected chi connectivity index (χ4v) is 5.51. The molecule has 0 saturated carbocycles. The molecule has 2 aliphatic rings. The van der Waals surface area contributed by atoms with E-state index < -0.39 is 12.0 Å². The Bertz CT molecular complexity index is 813. The molecule has 2 amide bonds. The van der Waals surface area contributed by atoms with Crippen molar-refractivity contribution >= 4 is 30.0 Å². The number of carboxylic acids is 1. The van der Waals surface area contributed by atoms with Crippen LogP contribution in [0, 0.1) is 5.92 Å². The van der Waals surface area contributed by atoms with Crippen LogP contribution in [0.5, 0.6) is 0 Å². The predicted octanol–water partition coefficient (Wildman–Crippen LogP) is -0.441. The molecule has 12 heteroatoms. The zero-order valence-corrected chi connectivity index (χ0v) is 17.5. The first-order valence-electron chi connectivity index (χ1n) is 9.31. The first-order chi connectivity index (χ1) is 13.8. The van der Waals surface area contributed by atoms with Gasteiger partial charge in [0.15, 0.2) is 0 Å². The second-order valence-electron chi connectivity index (χ2n) is 7.51. The molecule has 0 radical (unpaired) electrons. The van der Waals surface area contributed by atoms with E-state index in [-0.39, 0.29) is 34.9 Å². The van der Waals surface area contributed by atoms with E-state index in [0.29, 0.717) is 24.3 Å². The molecular formula is C17H25N7O4S. The lowest BCUT2D eigenvalue weighted by atomic mass is 9.97. The number of likely N-dealkylation sites (N-methyl/N-ethyl adjacent to an activating group) is 1. The van der Waals surface area contributed by atoms with Crippen LogP contribution in [0.15, 0.2) is 16.9 Å². The van der Waals surface area contributed by atoms with E-state index in [4.69, 9.17) is 0 Å². The van der Waals surface area contributed by atoms with Gasteiger partial charge in [-0.05, 0) is 23.8 Å². The Morgan fingerprint density at radius 2 is 2.17 bits per heavy atom. The highest BCUT2D eigenvalue weighted by atomic mass is 32.2. The topological polar surface area (TPSA) is 134 Å². The van der Waals surface area contributed by atoms with Crippen molar-refractivity contribution in [1.29, 1.82) is 0 Å². The summed E-state index contributed by atoms with van der Waals surface area (Å²) >= 11 is 1.43. The Balaban J connectivity index is 1.84. The number of hydrogen-bond donors (Lipinski definition) is 2. The maximum Gasteiger partial charge on any atom is 0.353 e. The van der Waals surface area contributed by atoms with E-state index >= 15 is 0 Å². The van der Waals surface area contributed by atoms with Crippen LogP contribution >= 0.6 is 11.8 Å². The average molecular weight is 423 g/mol. The molecule has 3 rings (SSSR count). The van der Waals surface area contributed by atoms with Crippen molar-refractivity contribution in [3.8, 4) is 0 Å². The van der Waals surface area contributed by atoms with Crippen molar-refractivity contribution in [2.45, 2.75) is 43.6 Å². The molecule has 0 spiro atoms. The Morgan fingerprint density at radius 1 is 1.45 bits per heavy atom. The molecule has 0 aromatic carbocycles. The van der Waals surface area contributed by atoms with Crippen LogP contribution in [-0.4, -0.2) is 91.4 Å². The van der Waals surface area contributed by atoms with Crippen LogP contribution in [0.1, 0.15) is 26.3 Å². The number of nitrogens with one attached hydrogen (secondary N) is 1. The van der Waals surface area contributed by atoms with Gasteiger partial charge in [-0.3, -0.25) is 9.59 Å². The van der Waals surface area contributed by atoms with E-state index in [0.717, 1.165) is 0 Å². The fourth-order valence-electron chi connectivity index (χ4n) is 4.02. The lowest BCUT2D eigenvalue weighted by molar-refractivity contribution is -0.137. The molecule has 11 nitrogen and oxygen atoms in total. The molecule has 2 aliphatic heterocycles. The van der Waals surface area contributed by atoms with Crippen LogP contribution < -0.4 is 5.32 Å². The van der Waals surface area contributed by atoms with Gasteiger partial charge in [-0.25, -0.2) is 9.48 Å². The van der Waals surface area contributed by atoms with Crippen molar-refractivity contribution in [2.75, 3.05) is 20.6 Å². The summed E-state index contributed by atoms with van der Waals surface area (Å²) in [7, 11) is 3.42. The Morgan fingerprint density at radius 3 is 2.72 bits per heavy atom. The fraction of sp³-hybridized carbons (Fsp3) is 0.647. The first-order valence-corrected chi connectivity index (χ1v) is 10.2. The molecule has 29 heavy (non-hydrogen) atoms. The number of carbonyl (C=O) groups excluding carboxylic acids is 2. The van der Waals surface area contributed by atoms with Gasteiger partial charge in [0.25, 0.3) is 0 Å². The normalized spacial score (nSPS) is 27.9. The molecule has 3 heterocycles. The average Bonchev–Trinajstić information content (AvgIpc) is 3.41. The van der Waals surface area contributed by atoms with Gasteiger partial charge in [0, 0.05) is 36.7 Å². The third kappa shape index (κ3) is 3.99. The number of carboxylic acid groups (broad SMARTS) is 1. The molecular weight excluding hydrogens is 398 g/mol. The second kappa shape index (κ2) is 8.49. The highest BCUT2D eigenvalue weighted by Gasteiger charge is 2.46. The molecule has 2 N–H and O–H groups in total. The van der Waals surface area contributed by atoms with Crippen molar-refractivity contribution in [3.05, 3.63) is 16.9 Å². The number of amides is 2. The highest BCUT2D eigenvalue weighted by Crippen LogP contribution is 2.46. The van der Waals surface area contributed by atoms with Crippen LogP contribution in [0.2, 0.25) is 0 Å². The van der Waals surface area contributed by atoms with Gasteiger partial charge in [0.2, 0.25) is 12.3 Å². The summed E-state index contributed by atoms with van der Waals surface area (Å²) in [5.74, 6) is -1.37. The molecule has 5 atom stereocenters. The van der Waals surface area contributed by atoms with Gasteiger partial charge in [-0.1, -0.05) is 6.92 Å². The summed E-state index contributed by atoms with van der Waals surface area (Å²) in [6.45, 7) is 4.35. The number of hydrogen-bond acceptors (Lipinski definition) is 8. The van der Waals surface area contributed by atoms with Crippen LogP contribution in [0.3, 0.4) is 0 Å². The van der Waals surface area contributed by atoms with Crippen molar-refractivity contribution in [2.24, 2.45) is 5.92 Å². The monoisotopic (exact) mass is 423 g/mol. The molecule has 3 unspecified atom stereocenters. The van der Waals surface area contributed by atoms with E-state index in [1.54, 1.807) is 19.0 Å². The van der Waals surface area contributed by atoms with Crippen LogP contribution in [-0.2, 0) is 14.4 Å². The summed E-state index contributed by atoms with van der Waals surface area (Å²) in [6.07, 6.45) is 2.60. The smallest absolute Gasteiger partial charge is 0.353 e. The second-order valence-corrected chi connectivity index (χ2v) is 8.85. The summed E-state index contributed by atoms with van der Waals surface area (Å²) in [5, 5.41) is 24.2. The molecule has 0 aliphatic carbocycles. The Labute approximate surface area is 172 Å². The minimum absolute atomic E-state index is 0.000271. The molecule has 158 valence electrons. The minimum atomic E-state index is -1.15. The van der Waals surface area contributed by atoms with Crippen molar-refractivity contribution in [3.63, 3.8) is 0 Å². The van der Waals surface area contributed by atoms with Crippen LogP contribution in [0.4, 0.5) is 0 Å². The van der Waals surface area contributed by atoms with Gasteiger partial charge in [-0.2, -0.15) is 0 Å². The maximum absolute atomic E-state index is 12.2. The number of rotatable bonds is 7. The van der Waals surface area contributed by atoms with Crippen LogP contribution in [0.25, 0.3) is 0 Å². The zero-order chi connectivity index (χ0) is 21.3. The van der Waals surface area contributed by atoms with E-state index in [2.05, 4.69) is 20.8 Å². The standard InChI is InChI=1S/C17H25N7O4S/c1-9-13(10(2)24-7-19-20-21-24)23(8-25)14(17(27)28)15(9)29-11-5-12(18-6-11)16(26)22(3)4/h7-13,18H,5-6H2,1-4H3,(H,27,28)/t9?,10-,11?,12?,13-/m1/s1. The minimum Gasteiger partial charge on any atom is -0.477 e. The lowest BCUT2D eigenvalue weighted by Gasteiger charge is -2.30. The van der Waals surface area contributed by atoms with E-state index in [1.807, 2.05) is 13.8 Å². The molecule has 1 aromatic rings. The van der Waals surface area contributed by atoms with Gasteiger partial charge in [-0.15, -0.1) is 16.9 Å². The largest absolute Gasteiger partial charge is 0.477 e. The Hall–Kier alpha value is -2.47. The van der Waals surface area contributed by atoms with Gasteiger partial charge < -0.3 is 20.2 Å².